The summed E-state index contributed by atoms with van der Waals surface area (Å²) in [4.78, 5) is 17.5. The van der Waals surface area contributed by atoms with E-state index in [1.807, 2.05) is 4.90 Å². The first-order valence-corrected chi connectivity index (χ1v) is 6.08. The molecule has 6 nitrogen and oxygen atoms in total. The van der Waals surface area contributed by atoms with E-state index in [2.05, 4.69) is 4.98 Å². The summed E-state index contributed by atoms with van der Waals surface area (Å²) in [7, 11) is 3.25. The van der Waals surface area contributed by atoms with Crippen LogP contribution >= 0.6 is 0 Å². The van der Waals surface area contributed by atoms with Gasteiger partial charge in [0.1, 0.15) is 23.6 Å². The second-order valence-corrected chi connectivity index (χ2v) is 4.58. The van der Waals surface area contributed by atoms with E-state index < -0.39 is 5.97 Å². The smallest absolute Gasteiger partial charge is 0.339 e. The molecule has 2 heterocycles. The molecule has 19 heavy (non-hydrogen) atoms. The second-order valence-electron chi connectivity index (χ2n) is 4.58. The zero-order valence-electron chi connectivity index (χ0n) is 11.3. The molecule has 104 valence electrons. The fraction of sp³-hybridized carbons (Fsp3) is 0.538. The highest BCUT2D eigenvalue weighted by Crippen LogP contribution is 2.26. The molecular formula is C13H18N2O4. The lowest BCUT2D eigenvalue weighted by Crippen LogP contribution is -2.27. The summed E-state index contributed by atoms with van der Waals surface area (Å²) in [5.74, 6) is -0.482. The van der Waals surface area contributed by atoms with E-state index >= 15 is 0 Å². The van der Waals surface area contributed by atoms with Crippen LogP contribution in [0.4, 0.5) is 5.82 Å². The van der Waals surface area contributed by atoms with Crippen LogP contribution < -0.4 is 4.90 Å². The van der Waals surface area contributed by atoms with Gasteiger partial charge in [0, 0.05) is 33.5 Å². The van der Waals surface area contributed by atoms with Gasteiger partial charge in [0.2, 0.25) is 0 Å². The average Bonchev–Trinajstić information content (AvgIpc) is 2.81. The van der Waals surface area contributed by atoms with Crippen molar-refractivity contribution in [3.8, 4) is 0 Å². The molecule has 1 fully saturated rings. The van der Waals surface area contributed by atoms with Gasteiger partial charge in [-0.3, -0.25) is 0 Å². The third kappa shape index (κ3) is 2.54. The van der Waals surface area contributed by atoms with Crippen LogP contribution in [-0.2, 0) is 9.47 Å². The number of hydrogen-bond acceptors (Lipinski definition) is 5. The van der Waals surface area contributed by atoms with E-state index in [9.17, 15) is 9.90 Å². The van der Waals surface area contributed by atoms with Crippen LogP contribution in [-0.4, -0.2) is 55.6 Å². The lowest BCUT2D eigenvalue weighted by molar-refractivity contribution is -0.00461. The molecule has 1 aromatic rings. The third-order valence-electron chi connectivity index (χ3n) is 3.47. The minimum atomic E-state index is -0.963. The first-order chi connectivity index (χ1) is 9.08. The number of anilines is 1. The lowest BCUT2D eigenvalue weighted by Gasteiger charge is -2.19. The summed E-state index contributed by atoms with van der Waals surface area (Å²) in [6.45, 7) is 2.92. The normalized spacial score (nSPS) is 22.8. The molecule has 1 aliphatic heterocycles. The molecule has 0 radical (unpaired) electrons. The maximum atomic E-state index is 11.4. The van der Waals surface area contributed by atoms with Crippen molar-refractivity contribution in [3.05, 3.63) is 23.4 Å². The van der Waals surface area contributed by atoms with Gasteiger partial charge in [0.05, 0.1) is 0 Å². The van der Waals surface area contributed by atoms with E-state index in [1.165, 1.54) is 0 Å². The molecule has 0 spiro atoms. The Labute approximate surface area is 112 Å². The van der Waals surface area contributed by atoms with E-state index in [0.29, 0.717) is 24.5 Å². The van der Waals surface area contributed by atoms with Gasteiger partial charge in [-0.15, -0.1) is 0 Å². The van der Waals surface area contributed by atoms with Gasteiger partial charge in [-0.05, 0) is 18.6 Å². The molecule has 2 atom stereocenters. The highest BCUT2D eigenvalue weighted by atomic mass is 16.5. The van der Waals surface area contributed by atoms with Crippen LogP contribution in [0.15, 0.2) is 12.3 Å². The highest BCUT2D eigenvalue weighted by molar-refractivity contribution is 5.95. The number of hydrogen-bond donors (Lipinski definition) is 1. The number of pyridine rings is 1. The largest absolute Gasteiger partial charge is 0.478 e. The highest BCUT2D eigenvalue weighted by Gasteiger charge is 2.35. The standard InChI is InChI=1S/C13H18N2O4/c1-8-4-5-14-12(11(8)13(16)17)15-6-9(18-2)10(7-15)19-3/h4-5,9-10H,6-7H2,1-3H3,(H,16,17). The quantitative estimate of drug-likeness (QED) is 0.874. The number of nitrogens with zero attached hydrogens (tertiary/aromatic N) is 2. The van der Waals surface area contributed by atoms with Crippen molar-refractivity contribution < 1.29 is 19.4 Å². The number of aromatic nitrogens is 1. The molecule has 1 saturated heterocycles. The van der Waals surface area contributed by atoms with Crippen LogP contribution in [0.25, 0.3) is 0 Å². The SMILES string of the molecule is COC1CN(c2nccc(C)c2C(=O)O)CC1OC. The molecule has 6 heteroatoms. The summed E-state index contributed by atoms with van der Waals surface area (Å²) >= 11 is 0. The van der Waals surface area contributed by atoms with E-state index in [-0.39, 0.29) is 17.8 Å². The van der Waals surface area contributed by atoms with Gasteiger partial charge in [-0.25, -0.2) is 9.78 Å². The molecule has 1 N–H and O–H groups in total. The van der Waals surface area contributed by atoms with Crippen LogP contribution in [0.2, 0.25) is 0 Å². The van der Waals surface area contributed by atoms with Crippen molar-refractivity contribution in [2.75, 3.05) is 32.2 Å². The minimum Gasteiger partial charge on any atom is -0.478 e. The van der Waals surface area contributed by atoms with Gasteiger partial charge < -0.3 is 19.5 Å². The number of carbonyl (C=O) groups is 1. The van der Waals surface area contributed by atoms with Crippen LogP contribution in [0.1, 0.15) is 15.9 Å². The Morgan fingerprint density at radius 1 is 1.37 bits per heavy atom. The van der Waals surface area contributed by atoms with Crippen molar-refractivity contribution in [1.29, 1.82) is 0 Å². The summed E-state index contributed by atoms with van der Waals surface area (Å²) in [5.41, 5.74) is 0.946. The number of ether oxygens (including phenoxy) is 2. The summed E-state index contributed by atoms with van der Waals surface area (Å²) in [5, 5.41) is 9.32. The predicted molar refractivity (Wildman–Crippen MR) is 69.7 cm³/mol. The van der Waals surface area contributed by atoms with Crippen LogP contribution in [0.3, 0.4) is 0 Å². The molecule has 0 aliphatic carbocycles. The molecule has 0 aromatic carbocycles. The minimum absolute atomic E-state index is 0.0750. The lowest BCUT2D eigenvalue weighted by atomic mass is 10.1. The van der Waals surface area contributed by atoms with Gasteiger partial charge >= 0.3 is 5.97 Å². The maximum Gasteiger partial charge on any atom is 0.339 e. The molecular weight excluding hydrogens is 248 g/mol. The van der Waals surface area contributed by atoms with Gasteiger partial charge in [-0.1, -0.05) is 0 Å². The van der Waals surface area contributed by atoms with Gasteiger partial charge in [-0.2, -0.15) is 0 Å². The Hall–Kier alpha value is -1.66. The van der Waals surface area contributed by atoms with Crippen LogP contribution in [0, 0.1) is 6.92 Å². The van der Waals surface area contributed by atoms with Crippen molar-refractivity contribution >= 4 is 11.8 Å². The summed E-state index contributed by atoms with van der Waals surface area (Å²) < 4.78 is 10.7. The predicted octanol–water partition coefficient (Wildman–Crippen LogP) is 0.938. The van der Waals surface area contributed by atoms with Crippen molar-refractivity contribution in [2.45, 2.75) is 19.1 Å². The summed E-state index contributed by atoms with van der Waals surface area (Å²) in [6.07, 6.45) is 1.47. The average molecular weight is 266 g/mol. The number of rotatable bonds is 4. The zero-order valence-corrected chi connectivity index (χ0v) is 11.3. The Bertz CT molecular complexity index is 466. The number of methoxy groups -OCH3 is 2. The molecule has 2 rings (SSSR count). The van der Waals surface area contributed by atoms with E-state index in [1.54, 1.807) is 33.4 Å². The Morgan fingerprint density at radius 2 is 1.95 bits per heavy atom. The van der Waals surface area contributed by atoms with Gasteiger partial charge in [0.25, 0.3) is 0 Å². The fourth-order valence-electron chi connectivity index (χ4n) is 2.42. The number of aromatic carboxylic acids is 1. The van der Waals surface area contributed by atoms with Gasteiger partial charge in [0.15, 0.2) is 0 Å². The van der Waals surface area contributed by atoms with E-state index in [0.717, 1.165) is 0 Å². The number of carboxylic acid groups (broad SMARTS) is 1. The zero-order chi connectivity index (χ0) is 14.0. The maximum absolute atomic E-state index is 11.4. The molecule has 2 unspecified atom stereocenters. The van der Waals surface area contributed by atoms with Crippen molar-refractivity contribution in [2.24, 2.45) is 0 Å². The number of aryl methyl sites for hydroxylation is 1. The fourth-order valence-corrected chi connectivity index (χ4v) is 2.42. The first-order valence-electron chi connectivity index (χ1n) is 6.08. The topological polar surface area (TPSA) is 71.9 Å². The summed E-state index contributed by atoms with van der Waals surface area (Å²) in [6, 6.07) is 1.70. The Kier molecular flexibility index (Phi) is 4.01. The number of carboxylic acids is 1. The molecule has 0 saturated carbocycles. The second kappa shape index (κ2) is 5.54. The first kappa shape index (κ1) is 13.8. The Balaban J connectivity index is 2.33. The third-order valence-corrected chi connectivity index (χ3v) is 3.47. The molecule has 1 aromatic heterocycles. The van der Waals surface area contributed by atoms with Crippen molar-refractivity contribution in [3.63, 3.8) is 0 Å². The molecule has 0 bridgehead atoms. The van der Waals surface area contributed by atoms with E-state index in [4.69, 9.17) is 9.47 Å². The van der Waals surface area contributed by atoms with Crippen LogP contribution in [0.5, 0.6) is 0 Å². The Morgan fingerprint density at radius 3 is 2.42 bits per heavy atom. The molecule has 0 amide bonds. The molecule has 1 aliphatic rings. The monoisotopic (exact) mass is 266 g/mol. The van der Waals surface area contributed by atoms with Crippen molar-refractivity contribution in [1.82, 2.24) is 4.98 Å².